The number of Topliss-reactive ketones (excluding diaryl/α,β-unsaturated/α-hetero) is 1. The second-order valence-corrected chi connectivity index (χ2v) is 6.76. The number of nitrogens with zero attached hydrogens (tertiary/aromatic N) is 3. The predicted molar refractivity (Wildman–Crippen MR) is 99.4 cm³/mol. The number of hydrogen-bond donors (Lipinski definition) is 2. The molecular weight excluding hydrogens is 346 g/mol. The van der Waals surface area contributed by atoms with Crippen molar-refractivity contribution in [2.75, 3.05) is 13.2 Å². The molecular formula is C19H17N5O3. The Bertz CT molecular complexity index is 1220. The molecule has 0 aromatic carbocycles. The minimum absolute atomic E-state index is 0.133. The van der Waals surface area contributed by atoms with Gasteiger partial charge in [-0.25, -0.2) is 14.8 Å². The van der Waals surface area contributed by atoms with Crippen molar-refractivity contribution in [1.82, 2.24) is 24.5 Å². The van der Waals surface area contributed by atoms with E-state index in [1.807, 2.05) is 24.4 Å². The first-order chi connectivity index (χ1) is 13.2. The SMILES string of the molecule is O=C1CCOCC1Cn1c(=O)[nH]c2ncc(-c3cnc4[nH]ccc4c3)cc21. The summed E-state index contributed by atoms with van der Waals surface area (Å²) in [4.78, 5) is 39.2. The Morgan fingerprint density at radius 1 is 1.15 bits per heavy atom. The van der Waals surface area contributed by atoms with E-state index in [9.17, 15) is 9.59 Å². The number of pyridine rings is 2. The van der Waals surface area contributed by atoms with Crippen LogP contribution >= 0.6 is 0 Å². The van der Waals surface area contributed by atoms with Gasteiger partial charge < -0.3 is 9.72 Å². The molecule has 0 aliphatic carbocycles. The first-order valence-corrected chi connectivity index (χ1v) is 8.81. The van der Waals surface area contributed by atoms with Crippen LogP contribution in [0.5, 0.6) is 0 Å². The summed E-state index contributed by atoms with van der Waals surface area (Å²) >= 11 is 0. The van der Waals surface area contributed by atoms with Crippen molar-refractivity contribution >= 4 is 28.0 Å². The van der Waals surface area contributed by atoms with Crippen LogP contribution in [0, 0.1) is 5.92 Å². The van der Waals surface area contributed by atoms with E-state index in [0.29, 0.717) is 30.8 Å². The van der Waals surface area contributed by atoms with Crippen molar-refractivity contribution in [2.45, 2.75) is 13.0 Å². The van der Waals surface area contributed by atoms with Crippen LogP contribution in [-0.2, 0) is 16.1 Å². The molecule has 1 fully saturated rings. The molecule has 27 heavy (non-hydrogen) atoms. The monoisotopic (exact) mass is 363 g/mol. The highest BCUT2D eigenvalue weighted by atomic mass is 16.5. The van der Waals surface area contributed by atoms with E-state index in [0.717, 1.165) is 22.2 Å². The number of H-pyrrole nitrogens is 2. The van der Waals surface area contributed by atoms with Crippen molar-refractivity contribution in [2.24, 2.45) is 5.92 Å². The second kappa shape index (κ2) is 6.17. The van der Waals surface area contributed by atoms with E-state index in [1.54, 1.807) is 17.0 Å². The number of ketones is 1. The summed E-state index contributed by atoms with van der Waals surface area (Å²) in [6, 6.07) is 5.89. The van der Waals surface area contributed by atoms with Gasteiger partial charge in [-0.1, -0.05) is 0 Å². The molecule has 1 aliphatic rings. The maximum Gasteiger partial charge on any atom is 0.327 e. The van der Waals surface area contributed by atoms with Gasteiger partial charge in [0.1, 0.15) is 11.4 Å². The fourth-order valence-corrected chi connectivity index (χ4v) is 3.54. The Kier molecular flexibility index (Phi) is 3.64. The number of hydrogen-bond acceptors (Lipinski definition) is 5. The maximum atomic E-state index is 12.4. The van der Waals surface area contributed by atoms with Gasteiger partial charge in [0.15, 0.2) is 5.65 Å². The topological polar surface area (TPSA) is 106 Å². The lowest BCUT2D eigenvalue weighted by Crippen LogP contribution is -2.33. The van der Waals surface area contributed by atoms with Crippen molar-refractivity contribution in [3.8, 4) is 11.1 Å². The Morgan fingerprint density at radius 2 is 1.96 bits per heavy atom. The molecule has 1 saturated heterocycles. The molecule has 5 heterocycles. The van der Waals surface area contributed by atoms with E-state index in [4.69, 9.17) is 4.74 Å². The summed E-state index contributed by atoms with van der Waals surface area (Å²) in [5.41, 5.74) is 3.49. The lowest BCUT2D eigenvalue weighted by Gasteiger charge is -2.21. The zero-order valence-corrected chi connectivity index (χ0v) is 14.4. The first kappa shape index (κ1) is 16.0. The molecule has 0 saturated carbocycles. The number of imidazole rings is 1. The minimum atomic E-state index is -0.308. The van der Waals surface area contributed by atoms with E-state index in [1.165, 1.54) is 0 Å². The van der Waals surface area contributed by atoms with Crippen molar-refractivity contribution in [3.05, 3.63) is 47.3 Å². The molecule has 8 nitrogen and oxygen atoms in total. The van der Waals surface area contributed by atoms with Crippen LogP contribution in [0.1, 0.15) is 6.42 Å². The summed E-state index contributed by atoms with van der Waals surface area (Å²) in [5, 5.41) is 1.00. The lowest BCUT2D eigenvalue weighted by atomic mass is 10.0. The molecule has 2 N–H and O–H groups in total. The summed E-state index contributed by atoms with van der Waals surface area (Å²) in [6.45, 7) is 1.09. The third kappa shape index (κ3) is 2.74. The average molecular weight is 363 g/mol. The van der Waals surface area contributed by atoms with E-state index >= 15 is 0 Å². The third-order valence-electron chi connectivity index (χ3n) is 5.03. The number of ether oxygens (including phenoxy) is 1. The van der Waals surface area contributed by atoms with Crippen LogP contribution < -0.4 is 5.69 Å². The second-order valence-electron chi connectivity index (χ2n) is 6.76. The molecule has 4 aromatic heterocycles. The summed E-state index contributed by atoms with van der Waals surface area (Å²) in [7, 11) is 0. The summed E-state index contributed by atoms with van der Waals surface area (Å²) in [6.07, 6.45) is 5.73. The van der Waals surface area contributed by atoms with Crippen LogP contribution in [0.15, 0.2) is 41.6 Å². The van der Waals surface area contributed by atoms with E-state index in [2.05, 4.69) is 19.9 Å². The largest absolute Gasteiger partial charge is 0.380 e. The summed E-state index contributed by atoms with van der Waals surface area (Å²) in [5.74, 6) is -0.175. The third-order valence-corrected chi connectivity index (χ3v) is 5.03. The molecule has 136 valence electrons. The fraction of sp³-hybridized carbons (Fsp3) is 0.263. The lowest BCUT2D eigenvalue weighted by molar-refractivity contribution is -0.131. The molecule has 8 heteroatoms. The Morgan fingerprint density at radius 3 is 2.81 bits per heavy atom. The number of carbonyl (C=O) groups excluding carboxylic acids is 1. The van der Waals surface area contributed by atoms with Gasteiger partial charge in [0.05, 0.1) is 24.6 Å². The van der Waals surface area contributed by atoms with Gasteiger partial charge in [0.25, 0.3) is 0 Å². The zero-order valence-electron chi connectivity index (χ0n) is 14.4. The van der Waals surface area contributed by atoms with Gasteiger partial charge in [0, 0.05) is 48.1 Å². The Hall–Kier alpha value is -3.26. The molecule has 0 amide bonds. The van der Waals surface area contributed by atoms with Gasteiger partial charge in [0.2, 0.25) is 0 Å². The standard InChI is InChI=1S/C19H17N5O3/c25-16-2-4-27-10-14(16)9-24-15-6-13(8-22-18(15)23-19(24)26)12-5-11-1-3-20-17(11)21-7-12/h1,3,5-8,14H,2,4,9-10H2,(H,20,21)(H,22,23,26). The molecule has 4 aromatic rings. The Labute approximate surface area is 153 Å². The van der Waals surface area contributed by atoms with Crippen LogP contribution in [-0.4, -0.2) is 43.5 Å². The molecule has 1 aliphatic heterocycles. The average Bonchev–Trinajstić information content (AvgIpc) is 3.27. The maximum absolute atomic E-state index is 12.4. The zero-order chi connectivity index (χ0) is 18.4. The molecule has 5 rings (SSSR count). The fourth-order valence-electron chi connectivity index (χ4n) is 3.54. The molecule has 0 radical (unpaired) electrons. The van der Waals surface area contributed by atoms with Crippen LogP contribution in [0.4, 0.5) is 0 Å². The summed E-state index contributed by atoms with van der Waals surface area (Å²) < 4.78 is 6.98. The first-order valence-electron chi connectivity index (χ1n) is 8.81. The highest BCUT2D eigenvalue weighted by Crippen LogP contribution is 2.24. The van der Waals surface area contributed by atoms with E-state index < -0.39 is 0 Å². The normalized spacial score (nSPS) is 17.8. The van der Waals surface area contributed by atoms with E-state index in [-0.39, 0.29) is 23.9 Å². The Balaban J connectivity index is 1.57. The van der Waals surface area contributed by atoms with Gasteiger partial charge in [-0.05, 0) is 18.2 Å². The number of aromatic nitrogens is 5. The van der Waals surface area contributed by atoms with Crippen LogP contribution in [0.3, 0.4) is 0 Å². The van der Waals surface area contributed by atoms with Crippen molar-refractivity contribution in [3.63, 3.8) is 0 Å². The number of rotatable bonds is 3. The minimum Gasteiger partial charge on any atom is -0.380 e. The van der Waals surface area contributed by atoms with Gasteiger partial charge in [-0.3, -0.25) is 14.3 Å². The molecule has 0 spiro atoms. The van der Waals surface area contributed by atoms with Gasteiger partial charge in [-0.2, -0.15) is 0 Å². The molecule has 1 atom stereocenters. The quantitative estimate of drug-likeness (QED) is 0.578. The highest BCUT2D eigenvalue weighted by molar-refractivity contribution is 5.84. The number of fused-ring (bicyclic) bond motifs is 2. The van der Waals surface area contributed by atoms with Crippen molar-refractivity contribution < 1.29 is 9.53 Å². The van der Waals surface area contributed by atoms with Gasteiger partial charge in [-0.15, -0.1) is 0 Å². The van der Waals surface area contributed by atoms with Crippen LogP contribution in [0.2, 0.25) is 0 Å². The molecule has 0 bridgehead atoms. The van der Waals surface area contributed by atoms with Crippen LogP contribution in [0.25, 0.3) is 33.3 Å². The highest BCUT2D eigenvalue weighted by Gasteiger charge is 2.25. The predicted octanol–water partition coefficient (Wildman–Crippen LogP) is 1.87. The molecule has 1 unspecified atom stereocenters. The number of aromatic amines is 2. The smallest absolute Gasteiger partial charge is 0.327 e. The van der Waals surface area contributed by atoms with Crippen molar-refractivity contribution in [1.29, 1.82) is 0 Å². The number of carbonyl (C=O) groups is 1. The van der Waals surface area contributed by atoms with Gasteiger partial charge >= 0.3 is 5.69 Å². The number of nitrogens with one attached hydrogen (secondary N) is 2.